The predicted octanol–water partition coefficient (Wildman–Crippen LogP) is 2.62. The molecule has 22 heavy (non-hydrogen) atoms. The van der Waals surface area contributed by atoms with Gasteiger partial charge in [-0.2, -0.15) is 0 Å². The molecule has 0 bridgehead atoms. The van der Waals surface area contributed by atoms with Gasteiger partial charge in [0.15, 0.2) is 11.5 Å². The first-order valence-corrected chi connectivity index (χ1v) is 7.30. The first kappa shape index (κ1) is 14.4. The second-order valence-electron chi connectivity index (χ2n) is 5.26. The van der Waals surface area contributed by atoms with Crippen LogP contribution in [0, 0.1) is 0 Å². The van der Waals surface area contributed by atoms with E-state index in [1.807, 2.05) is 37.3 Å². The number of carbonyl (C=O) groups excluding carboxylic acids is 1. The molecule has 1 aromatic carbocycles. The molecule has 1 unspecified atom stereocenters. The van der Waals surface area contributed by atoms with Crippen molar-refractivity contribution in [3.05, 3.63) is 53.9 Å². The van der Waals surface area contributed by atoms with E-state index < -0.39 is 0 Å². The van der Waals surface area contributed by atoms with Gasteiger partial charge in [-0.1, -0.05) is 12.1 Å². The summed E-state index contributed by atoms with van der Waals surface area (Å²) in [7, 11) is 0. The van der Waals surface area contributed by atoms with Crippen molar-refractivity contribution >= 4 is 5.91 Å². The number of nitrogens with one attached hydrogen (secondary N) is 1. The Bertz CT molecular complexity index is 658. The molecule has 5 nitrogen and oxygen atoms in total. The van der Waals surface area contributed by atoms with E-state index in [4.69, 9.17) is 9.47 Å². The van der Waals surface area contributed by atoms with Crippen LogP contribution in [0.1, 0.15) is 30.5 Å². The van der Waals surface area contributed by atoms with Gasteiger partial charge in [-0.15, -0.1) is 0 Å². The molecule has 2 aromatic rings. The maximum Gasteiger partial charge on any atom is 0.231 e. The van der Waals surface area contributed by atoms with Gasteiger partial charge >= 0.3 is 0 Å². The van der Waals surface area contributed by atoms with E-state index in [0.29, 0.717) is 12.8 Å². The Kier molecular flexibility index (Phi) is 4.23. The first-order valence-electron chi connectivity index (χ1n) is 7.30. The summed E-state index contributed by atoms with van der Waals surface area (Å²) in [5.74, 6) is 1.50. The largest absolute Gasteiger partial charge is 0.454 e. The second kappa shape index (κ2) is 6.47. The lowest BCUT2D eigenvalue weighted by Gasteiger charge is -2.15. The highest BCUT2D eigenvalue weighted by molar-refractivity contribution is 5.76. The molecule has 1 aromatic heterocycles. The van der Waals surface area contributed by atoms with Crippen LogP contribution in [0.3, 0.4) is 0 Å². The number of benzene rings is 1. The highest BCUT2D eigenvalue weighted by Gasteiger charge is 2.16. The van der Waals surface area contributed by atoms with E-state index in [9.17, 15) is 4.79 Å². The van der Waals surface area contributed by atoms with Crippen LogP contribution < -0.4 is 14.8 Å². The van der Waals surface area contributed by atoms with Crippen LogP contribution in [-0.2, 0) is 11.2 Å². The Morgan fingerprint density at radius 1 is 1.32 bits per heavy atom. The van der Waals surface area contributed by atoms with Gasteiger partial charge in [-0.25, -0.2) is 0 Å². The number of pyridine rings is 1. The Hall–Kier alpha value is -2.56. The predicted molar refractivity (Wildman–Crippen MR) is 81.7 cm³/mol. The molecule has 0 saturated carbocycles. The van der Waals surface area contributed by atoms with Gasteiger partial charge in [0.25, 0.3) is 0 Å². The van der Waals surface area contributed by atoms with Crippen molar-refractivity contribution in [1.29, 1.82) is 0 Å². The van der Waals surface area contributed by atoms with Crippen molar-refractivity contribution in [2.24, 2.45) is 0 Å². The molecule has 2 heterocycles. The molecule has 1 N–H and O–H groups in total. The number of rotatable bonds is 5. The molecule has 1 aliphatic heterocycles. The normalized spacial score (nSPS) is 13.7. The molecule has 0 saturated heterocycles. The highest BCUT2D eigenvalue weighted by atomic mass is 16.7. The van der Waals surface area contributed by atoms with Crippen molar-refractivity contribution < 1.29 is 14.3 Å². The molecule has 1 atom stereocenters. The molecule has 0 aliphatic carbocycles. The van der Waals surface area contributed by atoms with Crippen LogP contribution in [0.5, 0.6) is 11.5 Å². The van der Waals surface area contributed by atoms with E-state index in [1.54, 1.807) is 12.4 Å². The van der Waals surface area contributed by atoms with Crippen LogP contribution in [0.15, 0.2) is 42.7 Å². The third kappa shape index (κ3) is 3.36. The number of nitrogens with zero attached hydrogens (tertiary/aromatic N) is 1. The standard InChI is InChI=1S/C17H18N2O3/c1-12(14-5-6-15-16(9-14)22-11-21-15)19-17(20)7-4-13-3-2-8-18-10-13/h2-3,5-6,8-10,12H,4,7,11H2,1H3,(H,19,20). The fraction of sp³-hybridized carbons (Fsp3) is 0.294. The minimum Gasteiger partial charge on any atom is -0.454 e. The van der Waals surface area contributed by atoms with Gasteiger partial charge in [0.05, 0.1) is 6.04 Å². The Labute approximate surface area is 129 Å². The van der Waals surface area contributed by atoms with E-state index >= 15 is 0 Å². The molecule has 1 amide bonds. The molecular weight excluding hydrogens is 280 g/mol. The average Bonchev–Trinajstić information content (AvgIpc) is 3.01. The van der Waals surface area contributed by atoms with Crippen LogP contribution >= 0.6 is 0 Å². The van der Waals surface area contributed by atoms with E-state index in [-0.39, 0.29) is 18.7 Å². The molecular formula is C17H18N2O3. The summed E-state index contributed by atoms with van der Waals surface area (Å²) >= 11 is 0. The number of carbonyl (C=O) groups is 1. The lowest BCUT2D eigenvalue weighted by atomic mass is 10.1. The Balaban J connectivity index is 1.55. The minimum atomic E-state index is -0.0732. The Morgan fingerprint density at radius 3 is 3.00 bits per heavy atom. The monoisotopic (exact) mass is 298 g/mol. The lowest BCUT2D eigenvalue weighted by Crippen LogP contribution is -2.26. The number of hydrogen-bond donors (Lipinski definition) is 1. The third-order valence-electron chi connectivity index (χ3n) is 3.64. The van der Waals surface area contributed by atoms with Gasteiger partial charge in [-0.3, -0.25) is 9.78 Å². The van der Waals surface area contributed by atoms with Crippen LogP contribution in [-0.4, -0.2) is 17.7 Å². The molecule has 0 radical (unpaired) electrons. The zero-order valence-electron chi connectivity index (χ0n) is 12.4. The van der Waals surface area contributed by atoms with Crippen LogP contribution in [0.2, 0.25) is 0 Å². The summed E-state index contributed by atoms with van der Waals surface area (Å²) in [6, 6.07) is 9.50. The minimum absolute atomic E-state index is 0.0222. The summed E-state index contributed by atoms with van der Waals surface area (Å²) in [6.45, 7) is 2.21. The molecule has 5 heteroatoms. The zero-order chi connectivity index (χ0) is 15.4. The van der Waals surface area contributed by atoms with E-state index in [1.165, 1.54) is 0 Å². The lowest BCUT2D eigenvalue weighted by molar-refractivity contribution is -0.121. The summed E-state index contributed by atoms with van der Waals surface area (Å²) in [6.07, 6.45) is 4.65. The summed E-state index contributed by atoms with van der Waals surface area (Å²) < 4.78 is 10.6. The summed E-state index contributed by atoms with van der Waals surface area (Å²) in [5.41, 5.74) is 2.06. The van der Waals surface area contributed by atoms with Crippen molar-refractivity contribution in [3.63, 3.8) is 0 Å². The van der Waals surface area contributed by atoms with Gasteiger partial charge in [-0.05, 0) is 42.7 Å². The van der Waals surface area contributed by atoms with Gasteiger partial charge < -0.3 is 14.8 Å². The van der Waals surface area contributed by atoms with Crippen LogP contribution in [0.25, 0.3) is 0 Å². The third-order valence-corrected chi connectivity index (χ3v) is 3.64. The summed E-state index contributed by atoms with van der Waals surface area (Å²) in [4.78, 5) is 16.1. The quantitative estimate of drug-likeness (QED) is 0.922. The fourth-order valence-corrected chi connectivity index (χ4v) is 2.38. The number of fused-ring (bicyclic) bond motifs is 1. The van der Waals surface area contributed by atoms with E-state index in [0.717, 1.165) is 22.6 Å². The molecule has 114 valence electrons. The Morgan fingerprint density at radius 2 is 2.18 bits per heavy atom. The zero-order valence-corrected chi connectivity index (χ0v) is 12.4. The fourth-order valence-electron chi connectivity index (χ4n) is 2.38. The second-order valence-corrected chi connectivity index (χ2v) is 5.26. The van der Waals surface area contributed by atoms with Crippen molar-refractivity contribution in [3.8, 4) is 11.5 Å². The summed E-state index contributed by atoms with van der Waals surface area (Å²) in [5, 5.41) is 3.00. The first-order chi connectivity index (χ1) is 10.7. The SMILES string of the molecule is CC(NC(=O)CCc1cccnc1)c1ccc2c(c1)OCO2. The number of ether oxygens (including phenoxy) is 2. The maximum absolute atomic E-state index is 12.0. The number of amides is 1. The van der Waals surface area contributed by atoms with Crippen LogP contribution in [0.4, 0.5) is 0 Å². The number of hydrogen-bond acceptors (Lipinski definition) is 4. The van der Waals surface area contributed by atoms with Gasteiger partial charge in [0.2, 0.25) is 12.7 Å². The van der Waals surface area contributed by atoms with Crippen molar-refractivity contribution in [2.75, 3.05) is 6.79 Å². The molecule has 1 aliphatic rings. The van der Waals surface area contributed by atoms with Crippen molar-refractivity contribution in [2.45, 2.75) is 25.8 Å². The number of aryl methyl sites for hydroxylation is 1. The van der Waals surface area contributed by atoms with Gasteiger partial charge in [0, 0.05) is 18.8 Å². The van der Waals surface area contributed by atoms with Gasteiger partial charge in [0.1, 0.15) is 0 Å². The maximum atomic E-state index is 12.0. The molecule has 3 rings (SSSR count). The molecule has 0 spiro atoms. The number of aromatic nitrogens is 1. The smallest absolute Gasteiger partial charge is 0.231 e. The van der Waals surface area contributed by atoms with E-state index in [2.05, 4.69) is 10.3 Å². The average molecular weight is 298 g/mol. The molecule has 0 fully saturated rings. The van der Waals surface area contributed by atoms with Crippen molar-refractivity contribution in [1.82, 2.24) is 10.3 Å². The topological polar surface area (TPSA) is 60.5 Å². The highest BCUT2D eigenvalue weighted by Crippen LogP contribution is 2.34.